The van der Waals surface area contributed by atoms with Gasteiger partial charge in [-0.15, -0.1) is 0 Å². The van der Waals surface area contributed by atoms with Gasteiger partial charge in [-0.1, -0.05) is 6.07 Å². The molecule has 0 bridgehead atoms. The average Bonchev–Trinajstić information content (AvgIpc) is 2.17. The first-order valence-corrected chi connectivity index (χ1v) is 4.66. The van der Waals surface area contributed by atoms with Gasteiger partial charge in [0.15, 0.2) is 0 Å². The summed E-state index contributed by atoms with van der Waals surface area (Å²) < 4.78 is 4.06. The van der Waals surface area contributed by atoms with Crippen LogP contribution in [0.3, 0.4) is 0 Å². The SMILES string of the molecule is NC(=O)c1ccc2c(c1)SN=CC2. The van der Waals surface area contributed by atoms with Gasteiger partial charge in [-0.05, 0) is 17.7 Å². The van der Waals surface area contributed by atoms with Gasteiger partial charge in [-0.3, -0.25) is 4.79 Å². The molecule has 3 nitrogen and oxygen atoms in total. The van der Waals surface area contributed by atoms with E-state index in [1.165, 1.54) is 17.5 Å². The molecular formula is C9H8N2OS. The predicted octanol–water partition coefficient (Wildman–Crippen LogP) is 1.42. The van der Waals surface area contributed by atoms with Crippen molar-refractivity contribution in [3.63, 3.8) is 0 Å². The van der Waals surface area contributed by atoms with Gasteiger partial charge in [-0.25, -0.2) is 4.40 Å². The molecule has 0 atom stereocenters. The summed E-state index contributed by atoms with van der Waals surface area (Å²) in [7, 11) is 0. The summed E-state index contributed by atoms with van der Waals surface area (Å²) in [5.41, 5.74) is 6.90. The lowest BCUT2D eigenvalue weighted by Gasteiger charge is -2.09. The van der Waals surface area contributed by atoms with Crippen LogP contribution in [0.1, 0.15) is 15.9 Å². The smallest absolute Gasteiger partial charge is 0.248 e. The first-order valence-electron chi connectivity index (χ1n) is 3.89. The molecule has 66 valence electrons. The Hall–Kier alpha value is -1.29. The molecule has 0 spiro atoms. The lowest BCUT2D eigenvalue weighted by molar-refractivity contribution is 0.1000. The molecule has 1 heterocycles. The van der Waals surface area contributed by atoms with Crippen LogP contribution in [0, 0.1) is 0 Å². The van der Waals surface area contributed by atoms with Crippen LogP contribution in [0.15, 0.2) is 27.5 Å². The molecule has 1 aliphatic heterocycles. The lowest BCUT2D eigenvalue weighted by Crippen LogP contribution is -2.11. The fourth-order valence-electron chi connectivity index (χ4n) is 1.19. The normalized spacial score (nSPS) is 13.8. The molecule has 1 amide bonds. The number of hydrogen-bond acceptors (Lipinski definition) is 3. The highest BCUT2D eigenvalue weighted by Gasteiger charge is 2.09. The molecule has 1 aromatic carbocycles. The highest BCUT2D eigenvalue weighted by molar-refractivity contribution is 7.98. The van der Waals surface area contributed by atoms with Gasteiger partial charge in [0, 0.05) is 35.0 Å². The van der Waals surface area contributed by atoms with Gasteiger partial charge in [0.25, 0.3) is 0 Å². The highest BCUT2D eigenvalue weighted by atomic mass is 32.2. The zero-order chi connectivity index (χ0) is 9.26. The fourth-order valence-corrected chi connectivity index (χ4v) is 1.90. The van der Waals surface area contributed by atoms with Crippen LogP contribution in [-0.2, 0) is 6.42 Å². The summed E-state index contributed by atoms with van der Waals surface area (Å²) in [6.07, 6.45) is 2.69. The summed E-state index contributed by atoms with van der Waals surface area (Å²) in [4.78, 5) is 11.9. The molecule has 0 aliphatic carbocycles. The Balaban J connectivity index is 2.44. The fraction of sp³-hybridized carbons (Fsp3) is 0.111. The van der Waals surface area contributed by atoms with E-state index in [1.807, 2.05) is 12.3 Å². The van der Waals surface area contributed by atoms with Gasteiger partial charge >= 0.3 is 0 Å². The lowest BCUT2D eigenvalue weighted by atomic mass is 10.1. The average molecular weight is 192 g/mol. The number of fused-ring (bicyclic) bond motifs is 1. The molecule has 0 unspecified atom stereocenters. The van der Waals surface area contributed by atoms with Crippen molar-refractivity contribution in [3.05, 3.63) is 29.3 Å². The minimum Gasteiger partial charge on any atom is -0.366 e. The summed E-state index contributed by atoms with van der Waals surface area (Å²) in [5.74, 6) is -0.391. The second kappa shape index (κ2) is 3.22. The summed E-state index contributed by atoms with van der Waals surface area (Å²) in [5, 5.41) is 0. The molecular weight excluding hydrogens is 184 g/mol. The van der Waals surface area contributed by atoms with E-state index >= 15 is 0 Å². The van der Waals surface area contributed by atoms with Crippen LogP contribution in [0.2, 0.25) is 0 Å². The number of carbonyl (C=O) groups excluding carboxylic acids is 1. The van der Waals surface area contributed by atoms with Crippen molar-refractivity contribution < 1.29 is 4.79 Å². The maximum atomic E-state index is 10.9. The van der Waals surface area contributed by atoms with Crippen molar-refractivity contribution in [1.82, 2.24) is 0 Å². The van der Waals surface area contributed by atoms with E-state index in [0.29, 0.717) is 5.56 Å². The Bertz CT molecular complexity index is 387. The van der Waals surface area contributed by atoms with Gasteiger partial charge < -0.3 is 5.73 Å². The standard InChI is InChI=1S/C9H8N2OS/c10-9(12)7-2-1-6-3-4-11-13-8(6)5-7/h1-2,4-5H,3H2,(H2,10,12). The Morgan fingerprint density at radius 2 is 2.38 bits per heavy atom. The Labute approximate surface area is 80.2 Å². The zero-order valence-corrected chi connectivity index (χ0v) is 7.67. The van der Waals surface area contributed by atoms with Gasteiger partial charge in [0.1, 0.15) is 0 Å². The van der Waals surface area contributed by atoms with Crippen molar-refractivity contribution in [1.29, 1.82) is 0 Å². The number of nitrogens with two attached hydrogens (primary N) is 1. The first-order chi connectivity index (χ1) is 6.27. The van der Waals surface area contributed by atoms with Crippen LogP contribution in [0.5, 0.6) is 0 Å². The maximum absolute atomic E-state index is 10.9. The van der Waals surface area contributed by atoms with E-state index in [1.54, 1.807) is 12.1 Å². The van der Waals surface area contributed by atoms with Crippen LogP contribution >= 0.6 is 11.9 Å². The molecule has 0 saturated heterocycles. The quantitative estimate of drug-likeness (QED) is 0.684. The number of primary amides is 1. The van der Waals surface area contributed by atoms with Crippen LogP contribution < -0.4 is 5.73 Å². The van der Waals surface area contributed by atoms with Crippen molar-refractivity contribution in [2.75, 3.05) is 0 Å². The number of rotatable bonds is 1. The summed E-state index contributed by atoms with van der Waals surface area (Å²) in [6, 6.07) is 5.47. The van der Waals surface area contributed by atoms with Crippen molar-refractivity contribution in [3.8, 4) is 0 Å². The van der Waals surface area contributed by atoms with E-state index < -0.39 is 5.91 Å². The molecule has 0 radical (unpaired) electrons. The van der Waals surface area contributed by atoms with Crippen molar-refractivity contribution in [2.24, 2.45) is 10.1 Å². The van der Waals surface area contributed by atoms with Crippen LogP contribution in [0.4, 0.5) is 0 Å². The Kier molecular flexibility index (Phi) is 2.06. The monoisotopic (exact) mass is 192 g/mol. The Morgan fingerprint density at radius 1 is 1.54 bits per heavy atom. The molecule has 4 heteroatoms. The van der Waals surface area contributed by atoms with E-state index in [-0.39, 0.29) is 0 Å². The number of amides is 1. The van der Waals surface area contributed by atoms with E-state index in [0.717, 1.165) is 11.3 Å². The molecule has 2 N–H and O–H groups in total. The minimum atomic E-state index is -0.391. The molecule has 1 aliphatic rings. The molecule has 13 heavy (non-hydrogen) atoms. The van der Waals surface area contributed by atoms with Crippen molar-refractivity contribution >= 4 is 24.1 Å². The largest absolute Gasteiger partial charge is 0.366 e. The Morgan fingerprint density at radius 3 is 3.15 bits per heavy atom. The van der Waals surface area contributed by atoms with Crippen molar-refractivity contribution in [2.45, 2.75) is 11.3 Å². The summed E-state index contributed by atoms with van der Waals surface area (Å²) in [6.45, 7) is 0. The maximum Gasteiger partial charge on any atom is 0.248 e. The number of benzene rings is 1. The van der Waals surface area contributed by atoms with Crippen LogP contribution in [0.25, 0.3) is 0 Å². The van der Waals surface area contributed by atoms with E-state index in [4.69, 9.17) is 5.73 Å². The third-order valence-electron chi connectivity index (χ3n) is 1.89. The first kappa shape index (κ1) is 8.31. The third-order valence-corrected chi connectivity index (χ3v) is 2.72. The number of hydrogen-bond donors (Lipinski definition) is 1. The molecule has 2 rings (SSSR count). The predicted molar refractivity (Wildman–Crippen MR) is 53.0 cm³/mol. The van der Waals surface area contributed by atoms with Gasteiger partial charge in [-0.2, -0.15) is 0 Å². The minimum absolute atomic E-state index is 0.391. The number of carbonyl (C=O) groups is 1. The zero-order valence-electron chi connectivity index (χ0n) is 6.86. The van der Waals surface area contributed by atoms with Gasteiger partial charge in [0.05, 0.1) is 0 Å². The second-order valence-corrected chi connectivity index (χ2v) is 3.60. The topological polar surface area (TPSA) is 55.5 Å². The van der Waals surface area contributed by atoms with Crippen LogP contribution in [-0.4, -0.2) is 12.1 Å². The van der Waals surface area contributed by atoms with E-state index in [9.17, 15) is 4.79 Å². The molecule has 1 aromatic rings. The molecule has 0 saturated carbocycles. The summed E-state index contributed by atoms with van der Waals surface area (Å²) >= 11 is 1.38. The third kappa shape index (κ3) is 1.58. The highest BCUT2D eigenvalue weighted by Crippen LogP contribution is 2.27. The van der Waals surface area contributed by atoms with Gasteiger partial charge in [0.2, 0.25) is 5.91 Å². The molecule has 0 fully saturated rings. The number of nitrogens with zero attached hydrogens (tertiary/aromatic N) is 1. The second-order valence-electron chi connectivity index (χ2n) is 2.77. The van der Waals surface area contributed by atoms with E-state index in [2.05, 4.69) is 4.40 Å². The molecule has 0 aromatic heterocycles.